The van der Waals surface area contributed by atoms with E-state index in [1.165, 1.54) is 44.9 Å². The van der Waals surface area contributed by atoms with Crippen molar-refractivity contribution < 1.29 is 33.5 Å². The van der Waals surface area contributed by atoms with Crippen LogP contribution in [0.1, 0.15) is 77.0 Å². The van der Waals surface area contributed by atoms with Crippen molar-refractivity contribution in [3.05, 3.63) is 13.5 Å². The van der Waals surface area contributed by atoms with Gasteiger partial charge >= 0.3 is 13.8 Å². The number of aliphatic hydroxyl groups is 1. The van der Waals surface area contributed by atoms with Crippen LogP contribution in [0.15, 0.2) is 0 Å². The molecule has 0 fully saturated rings. The van der Waals surface area contributed by atoms with Gasteiger partial charge in [0.05, 0.1) is 0 Å². The van der Waals surface area contributed by atoms with E-state index in [0.29, 0.717) is 6.61 Å². The predicted octanol–water partition coefficient (Wildman–Crippen LogP) is 3.68. The third-order valence-corrected chi connectivity index (χ3v) is 4.05. The predicted molar refractivity (Wildman–Crippen MR) is 95.2 cm³/mol. The van der Waals surface area contributed by atoms with Gasteiger partial charge in [-0.05, 0) is 6.42 Å². The second kappa shape index (κ2) is 15.6. The fraction of sp³-hybridized carbons (Fsp3) is 0.824. The van der Waals surface area contributed by atoms with Crippen LogP contribution in [0.3, 0.4) is 0 Å². The maximum Gasteiger partial charge on any atom is 0.509 e. The van der Waals surface area contributed by atoms with Crippen molar-refractivity contribution in [2.24, 2.45) is 0 Å². The molecule has 0 aromatic carbocycles. The zero-order chi connectivity index (χ0) is 19.0. The maximum atomic E-state index is 11.5. The minimum Gasteiger partial charge on any atom is -0.458 e. The van der Waals surface area contributed by atoms with Gasteiger partial charge in [-0.25, -0.2) is 4.57 Å². The summed E-state index contributed by atoms with van der Waals surface area (Å²) in [6, 6.07) is 0. The van der Waals surface area contributed by atoms with Crippen molar-refractivity contribution in [3.63, 3.8) is 0 Å². The Balaban J connectivity index is 3.37. The van der Waals surface area contributed by atoms with Crippen molar-refractivity contribution in [1.29, 1.82) is 0 Å². The molecule has 0 unspecified atom stereocenters. The van der Waals surface area contributed by atoms with E-state index in [-0.39, 0.29) is 13.0 Å². The molecule has 0 saturated heterocycles. The van der Waals surface area contributed by atoms with Gasteiger partial charge in [-0.2, -0.15) is 6.42 Å². The maximum absolute atomic E-state index is 11.5. The summed E-state index contributed by atoms with van der Waals surface area (Å²) in [5, 5.41) is 9.32. The fourth-order valence-corrected chi connectivity index (χ4v) is 2.60. The van der Waals surface area contributed by atoms with Gasteiger partial charge in [-0.1, -0.05) is 62.3 Å². The summed E-state index contributed by atoms with van der Waals surface area (Å²) in [6.07, 6.45) is 11.5. The molecule has 25 heavy (non-hydrogen) atoms. The van der Waals surface area contributed by atoms with Crippen LogP contribution in [0.25, 0.3) is 0 Å². The lowest BCUT2D eigenvalue weighted by Crippen LogP contribution is -2.19. The van der Waals surface area contributed by atoms with Crippen LogP contribution in [0.5, 0.6) is 0 Å². The number of phosphoric acid groups is 1. The summed E-state index contributed by atoms with van der Waals surface area (Å²) >= 11 is 0. The molecule has 0 aromatic rings. The van der Waals surface area contributed by atoms with Crippen LogP contribution in [0.4, 0.5) is 0 Å². The van der Waals surface area contributed by atoms with E-state index in [9.17, 15) is 14.5 Å². The number of carbonyl (C=O) groups is 1. The smallest absolute Gasteiger partial charge is 0.458 e. The first kappa shape index (κ1) is 24.4. The van der Waals surface area contributed by atoms with Crippen LogP contribution in [-0.4, -0.2) is 33.6 Å². The molecule has 0 saturated carbocycles. The second-order valence-corrected chi connectivity index (χ2v) is 7.31. The highest BCUT2D eigenvalue weighted by Gasteiger charge is 2.27. The van der Waals surface area contributed by atoms with Crippen LogP contribution >= 0.6 is 7.82 Å². The number of hydrogen-bond acceptors (Lipinski definition) is 5. The number of ether oxygens (including phenoxy) is 1. The molecule has 148 valence electrons. The molecule has 0 aromatic heterocycles. The molecule has 0 bridgehead atoms. The summed E-state index contributed by atoms with van der Waals surface area (Å²) in [6.45, 7) is 4.01. The molecule has 0 rings (SSSR count). The van der Waals surface area contributed by atoms with E-state index in [4.69, 9.17) is 14.5 Å². The van der Waals surface area contributed by atoms with E-state index in [1.807, 2.05) is 0 Å². The Morgan fingerprint density at radius 2 is 1.44 bits per heavy atom. The SMILES string of the molecule is [CH2-]CCCCCCCCCCCCC(=O)OC[C@@H](O)[CH+]OP(=O)(O)O. The molecule has 0 aliphatic rings. The van der Waals surface area contributed by atoms with Crippen molar-refractivity contribution in [2.45, 2.75) is 83.2 Å². The summed E-state index contributed by atoms with van der Waals surface area (Å²) in [5.41, 5.74) is 0. The average Bonchev–Trinajstić information content (AvgIpc) is 2.55. The number of rotatable bonds is 17. The van der Waals surface area contributed by atoms with Gasteiger partial charge in [0.15, 0.2) is 6.61 Å². The van der Waals surface area contributed by atoms with Gasteiger partial charge in [-0.15, -0.1) is 0 Å². The Bertz CT molecular complexity index is 370. The number of aliphatic hydroxyl groups excluding tert-OH is 1. The Morgan fingerprint density at radius 1 is 0.960 bits per heavy atom. The summed E-state index contributed by atoms with van der Waals surface area (Å²) in [4.78, 5) is 28.4. The molecule has 0 aliphatic heterocycles. The first-order valence-electron chi connectivity index (χ1n) is 9.05. The molecule has 0 spiro atoms. The highest BCUT2D eigenvalue weighted by Crippen LogP contribution is 2.36. The number of carbonyl (C=O) groups excluding carboxylic acids is 1. The molecule has 0 heterocycles. The van der Waals surface area contributed by atoms with E-state index in [2.05, 4.69) is 11.4 Å². The van der Waals surface area contributed by atoms with E-state index in [0.717, 1.165) is 25.7 Å². The highest BCUT2D eigenvalue weighted by molar-refractivity contribution is 7.46. The lowest BCUT2D eigenvalue weighted by Gasteiger charge is -2.06. The monoisotopic (exact) mass is 380 g/mol. The Hall–Kier alpha value is -0.590. The molecule has 0 amide bonds. The zero-order valence-electron chi connectivity index (χ0n) is 15.0. The molecular formula is C17H33O7P. The van der Waals surface area contributed by atoms with Crippen molar-refractivity contribution in [2.75, 3.05) is 6.61 Å². The van der Waals surface area contributed by atoms with Crippen molar-refractivity contribution in [3.8, 4) is 0 Å². The van der Waals surface area contributed by atoms with Crippen LogP contribution in [0, 0.1) is 13.5 Å². The Morgan fingerprint density at radius 3 is 1.92 bits per heavy atom. The third-order valence-electron chi connectivity index (χ3n) is 3.65. The minimum absolute atomic E-state index is 0.275. The van der Waals surface area contributed by atoms with Crippen LogP contribution < -0.4 is 0 Å². The van der Waals surface area contributed by atoms with Crippen molar-refractivity contribution >= 4 is 13.8 Å². The van der Waals surface area contributed by atoms with Gasteiger partial charge < -0.3 is 26.6 Å². The molecule has 7 nitrogen and oxygen atoms in total. The number of unbranched alkanes of at least 4 members (excludes halogenated alkanes) is 10. The van der Waals surface area contributed by atoms with Gasteiger partial charge in [0, 0.05) is 6.42 Å². The lowest BCUT2D eigenvalue weighted by molar-refractivity contribution is -0.146. The molecular weight excluding hydrogens is 347 g/mol. The average molecular weight is 380 g/mol. The fourth-order valence-electron chi connectivity index (χ4n) is 2.30. The Kier molecular flexibility index (Phi) is 15.3. The third kappa shape index (κ3) is 19.6. The summed E-state index contributed by atoms with van der Waals surface area (Å²) in [5.74, 6) is -0.436. The molecule has 8 heteroatoms. The summed E-state index contributed by atoms with van der Waals surface area (Å²) < 4.78 is 19.2. The van der Waals surface area contributed by atoms with Crippen LogP contribution in [0.2, 0.25) is 0 Å². The first-order chi connectivity index (χ1) is 11.8. The molecule has 0 aliphatic carbocycles. The van der Waals surface area contributed by atoms with Gasteiger partial charge in [0.25, 0.3) is 12.7 Å². The minimum atomic E-state index is -4.67. The number of esters is 1. The van der Waals surface area contributed by atoms with Crippen molar-refractivity contribution in [1.82, 2.24) is 0 Å². The molecule has 0 radical (unpaired) electrons. The molecule has 3 N–H and O–H groups in total. The highest BCUT2D eigenvalue weighted by atomic mass is 31.2. The normalized spacial score (nSPS) is 12.8. The van der Waals surface area contributed by atoms with Gasteiger partial charge in [0.2, 0.25) is 0 Å². The number of phosphoric ester groups is 1. The van der Waals surface area contributed by atoms with E-state index in [1.54, 1.807) is 0 Å². The van der Waals surface area contributed by atoms with E-state index < -0.39 is 19.9 Å². The lowest BCUT2D eigenvalue weighted by atomic mass is 10.1. The first-order valence-corrected chi connectivity index (χ1v) is 10.6. The van der Waals surface area contributed by atoms with Gasteiger partial charge in [-0.3, -0.25) is 4.79 Å². The quantitative estimate of drug-likeness (QED) is 0.153. The topological polar surface area (TPSA) is 113 Å². The summed E-state index contributed by atoms with van der Waals surface area (Å²) in [7, 11) is -4.67. The number of hydrogen-bond donors (Lipinski definition) is 3. The van der Waals surface area contributed by atoms with Gasteiger partial charge in [0.1, 0.15) is 0 Å². The van der Waals surface area contributed by atoms with Crippen LogP contribution in [-0.2, 0) is 18.6 Å². The Labute approximate surface area is 151 Å². The molecule has 1 atom stereocenters. The zero-order valence-corrected chi connectivity index (χ0v) is 15.9. The second-order valence-electron chi connectivity index (χ2n) is 6.12. The standard InChI is InChI=1S/C17H33O7P/c1-2-3-4-5-6-7-8-9-10-11-12-13-17(19)23-14-16(18)15-24-25(20,21)22/h15-16,18H,1-14H2,(H2,20,21,22)/t16-/m1/s1. The van der Waals surface area contributed by atoms with E-state index >= 15 is 0 Å². The largest absolute Gasteiger partial charge is 0.509 e.